The van der Waals surface area contributed by atoms with E-state index in [4.69, 9.17) is 18.9 Å². The van der Waals surface area contributed by atoms with Crippen LogP contribution in [0.1, 0.15) is 58.6 Å². The summed E-state index contributed by atoms with van der Waals surface area (Å²) in [4.78, 5) is 48.4. The Bertz CT molecular complexity index is 1290. The van der Waals surface area contributed by atoms with Crippen LogP contribution < -0.4 is 9.47 Å². The van der Waals surface area contributed by atoms with Crippen LogP contribution in [0.25, 0.3) is 0 Å². The summed E-state index contributed by atoms with van der Waals surface area (Å²) in [5, 5.41) is 0. The molecule has 0 unspecified atom stereocenters. The van der Waals surface area contributed by atoms with E-state index in [0.717, 1.165) is 11.1 Å². The van der Waals surface area contributed by atoms with Gasteiger partial charge in [-0.05, 0) is 81.8 Å². The Hall–Kier alpha value is -4.72. The van der Waals surface area contributed by atoms with E-state index < -0.39 is 29.3 Å². The van der Waals surface area contributed by atoms with Crippen molar-refractivity contribution in [3.05, 3.63) is 108 Å². The van der Waals surface area contributed by atoms with Crippen molar-refractivity contribution in [1.82, 2.24) is 0 Å². The fourth-order valence-electron chi connectivity index (χ4n) is 4.32. The first-order valence-corrected chi connectivity index (χ1v) is 13.8. The molecular weight excluding hydrogens is 548 g/mol. The molecule has 0 radical (unpaired) electrons. The highest BCUT2D eigenvalue weighted by atomic mass is 16.5. The highest BCUT2D eigenvalue weighted by Crippen LogP contribution is 2.43. The van der Waals surface area contributed by atoms with Crippen LogP contribution in [0.15, 0.2) is 97.1 Å². The highest BCUT2D eigenvalue weighted by molar-refractivity contribution is 5.89. The average molecular weight is 589 g/mol. The molecule has 0 atom stereocenters. The van der Waals surface area contributed by atoms with E-state index in [2.05, 4.69) is 26.3 Å². The molecule has 0 aromatic heterocycles. The van der Waals surface area contributed by atoms with Gasteiger partial charge >= 0.3 is 23.9 Å². The maximum absolute atomic E-state index is 12.1. The van der Waals surface area contributed by atoms with Crippen LogP contribution in [-0.4, -0.2) is 37.1 Å². The van der Waals surface area contributed by atoms with E-state index in [9.17, 15) is 19.2 Å². The molecule has 8 heteroatoms. The smallest absolute Gasteiger partial charge is 0.338 e. The first kappa shape index (κ1) is 34.5. The second kappa shape index (κ2) is 15.5. The molecule has 0 bridgehead atoms. The molecule has 2 rings (SSSR count). The Morgan fingerprint density at radius 3 is 1.16 bits per heavy atom. The second-order valence-corrected chi connectivity index (χ2v) is 10.7. The fourth-order valence-corrected chi connectivity index (χ4v) is 4.32. The fraction of sp³-hybridized carbons (Fsp3) is 0.314. The molecule has 0 aliphatic heterocycles. The van der Waals surface area contributed by atoms with Gasteiger partial charge in [0.05, 0.1) is 13.2 Å². The summed E-state index contributed by atoms with van der Waals surface area (Å²) in [6.07, 6.45) is 0.831. The predicted octanol–water partition coefficient (Wildman–Crippen LogP) is 6.59. The third-order valence-electron chi connectivity index (χ3n) is 6.94. The number of esters is 4. The number of carbonyl (C=O) groups excluding carboxylic acids is 4. The van der Waals surface area contributed by atoms with Gasteiger partial charge in [0.2, 0.25) is 0 Å². The lowest BCUT2D eigenvalue weighted by Crippen LogP contribution is -2.35. The van der Waals surface area contributed by atoms with E-state index >= 15 is 0 Å². The molecule has 0 fully saturated rings. The van der Waals surface area contributed by atoms with Gasteiger partial charge in [-0.1, -0.05) is 57.5 Å². The number of ether oxygens (including phenoxy) is 4. The van der Waals surface area contributed by atoms with E-state index in [1.165, 1.54) is 0 Å². The predicted molar refractivity (Wildman–Crippen MR) is 165 cm³/mol. The maximum atomic E-state index is 12.1. The SMILES string of the molecule is C=C(C)C(=O)OCCC(CCOC(=O)C(=C)C)C(C)(c1ccc(OC(=O)C(=C)C)cc1)c1ccc(OC(=O)C(=C)C)cc1. The number of hydrogen-bond acceptors (Lipinski definition) is 8. The van der Waals surface area contributed by atoms with Gasteiger partial charge in [-0.3, -0.25) is 0 Å². The van der Waals surface area contributed by atoms with E-state index in [-0.39, 0.29) is 41.4 Å². The quantitative estimate of drug-likeness (QED) is 0.130. The number of benzene rings is 2. The Balaban J connectivity index is 2.56. The lowest BCUT2D eigenvalue weighted by molar-refractivity contribution is -0.139. The molecule has 0 heterocycles. The largest absolute Gasteiger partial charge is 0.462 e. The van der Waals surface area contributed by atoms with Crippen molar-refractivity contribution in [2.24, 2.45) is 5.92 Å². The van der Waals surface area contributed by atoms with Gasteiger partial charge in [0.15, 0.2) is 0 Å². The monoisotopic (exact) mass is 588 g/mol. The van der Waals surface area contributed by atoms with Crippen molar-refractivity contribution in [2.45, 2.75) is 52.9 Å². The van der Waals surface area contributed by atoms with Crippen LogP contribution in [0.4, 0.5) is 0 Å². The lowest BCUT2D eigenvalue weighted by Gasteiger charge is -2.39. The average Bonchev–Trinajstić information content (AvgIpc) is 2.96. The number of rotatable bonds is 15. The summed E-state index contributed by atoms with van der Waals surface area (Å²) in [5.41, 5.74) is 2.10. The molecule has 8 nitrogen and oxygen atoms in total. The highest BCUT2D eigenvalue weighted by Gasteiger charge is 2.38. The molecule has 0 amide bonds. The summed E-state index contributed by atoms with van der Waals surface area (Å²) in [6, 6.07) is 14.2. The van der Waals surface area contributed by atoms with Gasteiger partial charge < -0.3 is 18.9 Å². The van der Waals surface area contributed by atoms with Crippen molar-refractivity contribution in [3.63, 3.8) is 0 Å². The Kier molecular flexibility index (Phi) is 12.4. The van der Waals surface area contributed by atoms with Gasteiger partial charge in [-0.2, -0.15) is 0 Å². The lowest BCUT2D eigenvalue weighted by atomic mass is 9.65. The molecule has 0 aliphatic carbocycles. The van der Waals surface area contributed by atoms with Crippen molar-refractivity contribution in [2.75, 3.05) is 13.2 Å². The van der Waals surface area contributed by atoms with Crippen molar-refractivity contribution >= 4 is 23.9 Å². The van der Waals surface area contributed by atoms with E-state index in [0.29, 0.717) is 24.3 Å². The second-order valence-electron chi connectivity index (χ2n) is 10.7. The summed E-state index contributed by atoms with van der Waals surface area (Å²) in [5.74, 6) is -1.59. The van der Waals surface area contributed by atoms with Crippen molar-refractivity contribution in [1.29, 1.82) is 0 Å². The maximum Gasteiger partial charge on any atom is 0.338 e. The zero-order chi connectivity index (χ0) is 32.3. The Morgan fingerprint density at radius 2 is 0.884 bits per heavy atom. The Labute approximate surface area is 253 Å². The molecule has 0 aliphatic rings. The van der Waals surface area contributed by atoms with E-state index in [1.54, 1.807) is 52.0 Å². The molecule has 2 aromatic carbocycles. The molecule has 2 aromatic rings. The summed E-state index contributed by atoms with van der Waals surface area (Å²) in [6.45, 7) is 23.0. The van der Waals surface area contributed by atoms with Crippen LogP contribution in [0.3, 0.4) is 0 Å². The van der Waals surface area contributed by atoms with Gasteiger partial charge in [0.25, 0.3) is 0 Å². The molecule has 0 saturated carbocycles. The summed E-state index contributed by atoms with van der Waals surface area (Å²) in [7, 11) is 0. The third kappa shape index (κ3) is 9.67. The topological polar surface area (TPSA) is 105 Å². The molecule has 228 valence electrons. The number of hydrogen-bond donors (Lipinski definition) is 0. The van der Waals surface area contributed by atoms with E-state index in [1.807, 2.05) is 31.2 Å². The molecular formula is C35H40O8. The standard InChI is InChI=1S/C35H40O8/c1-22(2)31(36)40-20-18-28(19-21-41-32(37)23(3)4)35(9,26-10-14-29(15-11-26)42-33(38)24(5)6)27-12-16-30(17-13-27)43-34(39)25(7)8/h10-17,28H,1,3,5,7,18-21H2,2,4,6,8-9H3. The summed E-state index contributed by atoms with van der Waals surface area (Å²) >= 11 is 0. The first-order chi connectivity index (χ1) is 20.2. The van der Waals surface area contributed by atoms with Gasteiger partial charge in [-0.25, -0.2) is 19.2 Å². The molecule has 0 N–H and O–H groups in total. The normalized spacial score (nSPS) is 10.8. The van der Waals surface area contributed by atoms with Gasteiger partial charge in [-0.15, -0.1) is 0 Å². The van der Waals surface area contributed by atoms with Crippen molar-refractivity contribution < 1.29 is 38.1 Å². The molecule has 43 heavy (non-hydrogen) atoms. The first-order valence-electron chi connectivity index (χ1n) is 13.8. The minimum atomic E-state index is -0.737. The molecule has 0 spiro atoms. The zero-order valence-corrected chi connectivity index (χ0v) is 25.6. The Morgan fingerprint density at radius 1 is 0.581 bits per heavy atom. The minimum Gasteiger partial charge on any atom is -0.462 e. The van der Waals surface area contributed by atoms with Crippen LogP contribution in [-0.2, 0) is 34.1 Å². The summed E-state index contributed by atoms with van der Waals surface area (Å²) < 4.78 is 21.7. The minimum absolute atomic E-state index is 0.100. The van der Waals surface area contributed by atoms with Crippen LogP contribution in [0.5, 0.6) is 11.5 Å². The van der Waals surface area contributed by atoms with Crippen LogP contribution in [0.2, 0.25) is 0 Å². The van der Waals surface area contributed by atoms with Gasteiger partial charge in [0.1, 0.15) is 11.5 Å². The van der Waals surface area contributed by atoms with Crippen molar-refractivity contribution in [3.8, 4) is 11.5 Å². The molecule has 0 saturated heterocycles. The zero-order valence-electron chi connectivity index (χ0n) is 25.6. The third-order valence-corrected chi connectivity index (χ3v) is 6.94. The van der Waals surface area contributed by atoms with Gasteiger partial charge in [0, 0.05) is 27.7 Å². The van der Waals surface area contributed by atoms with Crippen LogP contribution >= 0.6 is 0 Å². The number of carbonyl (C=O) groups is 4. The van der Waals surface area contributed by atoms with Crippen LogP contribution in [0, 0.1) is 5.92 Å².